The molecule has 0 saturated carbocycles. The molecule has 0 aliphatic carbocycles. The normalized spacial score (nSPS) is 18.6. The number of ether oxygens (including phenoxy) is 1. The van der Waals surface area contributed by atoms with Gasteiger partial charge in [-0.25, -0.2) is 4.79 Å². The summed E-state index contributed by atoms with van der Waals surface area (Å²) in [6.45, 7) is -3.34. The lowest BCUT2D eigenvalue weighted by molar-refractivity contribution is -0.172. The van der Waals surface area contributed by atoms with E-state index in [2.05, 4.69) is 0 Å². The Balaban J connectivity index is 2.01. The molecule has 27 heavy (non-hydrogen) atoms. The molecule has 1 unspecified atom stereocenters. The number of alkyl halides is 4. The van der Waals surface area contributed by atoms with Gasteiger partial charge in [-0.1, -0.05) is 30.3 Å². The molecule has 0 radical (unpaired) electrons. The van der Waals surface area contributed by atoms with Crippen molar-refractivity contribution in [3.63, 3.8) is 0 Å². The minimum absolute atomic E-state index is 0.130. The summed E-state index contributed by atoms with van der Waals surface area (Å²) in [4.78, 5) is 35.0. The van der Waals surface area contributed by atoms with Gasteiger partial charge in [-0.15, -0.1) is 0 Å². The average Bonchev–Trinajstić information content (AvgIpc) is 2.80. The topological polar surface area (TPSA) is 95.9 Å². The Labute approximate surface area is 150 Å². The zero-order valence-corrected chi connectivity index (χ0v) is 13.8. The van der Waals surface area contributed by atoms with Crippen LogP contribution in [0.3, 0.4) is 0 Å². The van der Waals surface area contributed by atoms with Gasteiger partial charge in [-0.2, -0.15) is 17.6 Å². The molecule has 2 rings (SSSR count). The Morgan fingerprint density at radius 2 is 1.67 bits per heavy atom. The molecule has 1 heterocycles. The highest BCUT2D eigenvalue weighted by atomic mass is 19.3. The van der Waals surface area contributed by atoms with Gasteiger partial charge >= 0.3 is 23.9 Å². The molecule has 1 aliphatic rings. The predicted octanol–water partition coefficient (Wildman–Crippen LogP) is 1.87. The lowest BCUT2D eigenvalue weighted by atomic mass is 10.2. The first kappa shape index (κ1) is 20.5. The third kappa shape index (κ3) is 5.08. The second-order valence-corrected chi connectivity index (χ2v) is 5.96. The van der Waals surface area contributed by atoms with Crippen LogP contribution in [0, 0.1) is 0 Å². The van der Waals surface area contributed by atoms with Crippen LogP contribution in [0.25, 0.3) is 0 Å². The number of likely N-dealkylation sites (tertiary alicyclic amines) is 1. The molecule has 1 saturated heterocycles. The maximum absolute atomic E-state index is 13.3. The van der Waals surface area contributed by atoms with E-state index in [4.69, 9.17) is 9.84 Å². The van der Waals surface area contributed by atoms with Gasteiger partial charge in [-0.05, 0) is 5.56 Å². The number of nitrogens with one attached hydrogen (secondary N) is 1. The number of carboxylic acids is 1. The maximum Gasteiger partial charge on any atom is 0.408 e. The number of aliphatic carboxylic acids is 1. The van der Waals surface area contributed by atoms with Crippen LogP contribution in [-0.4, -0.2) is 59.0 Å². The van der Waals surface area contributed by atoms with Crippen LogP contribution in [0.4, 0.5) is 22.4 Å². The second kappa shape index (κ2) is 7.80. The molecule has 0 spiro atoms. The quantitative estimate of drug-likeness (QED) is 0.721. The van der Waals surface area contributed by atoms with Crippen molar-refractivity contribution < 1.29 is 41.8 Å². The molecule has 2 N–H and O–H groups in total. The van der Waals surface area contributed by atoms with Crippen LogP contribution < -0.4 is 5.32 Å². The van der Waals surface area contributed by atoms with Crippen molar-refractivity contribution in [3.8, 4) is 0 Å². The fourth-order valence-corrected chi connectivity index (χ4v) is 2.42. The fraction of sp³-hybridized carbons (Fsp3) is 0.438. The van der Waals surface area contributed by atoms with Gasteiger partial charge in [0.25, 0.3) is 0 Å². The van der Waals surface area contributed by atoms with E-state index in [0.29, 0.717) is 5.56 Å². The minimum Gasteiger partial charge on any atom is -0.481 e. The second-order valence-electron chi connectivity index (χ2n) is 5.96. The van der Waals surface area contributed by atoms with E-state index in [-0.39, 0.29) is 11.5 Å². The molecule has 1 aliphatic heterocycles. The number of nitrogens with zero attached hydrogens (tertiary/aromatic N) is 1. The lowest BCUT2D eigenvalue weighted by Gasteiger charge is -2.22. The zero-order chi connectivity index (χ0) is 20.2. The summed E-state index contributed by atoms with van der Waals surface area (Å²) >= 11 is 0. The molecule has 0 aromatic heterocycles. The van der Waals surface area contributed by atoms with E-state index in [1.54, 1.807) is 30.3 Å². The summed E-state index contributed by atoms with van der Waals surface area (Å²) in [5.74, 6) is -11.8. The van der Waals surface area contributed by atoms with E-state index in [1.807, 2.05) is 5.32 Å². The Kier molecular flexibility index (Phi) is 5.91. The van der Waals surface area contributed by atoms with E-state index in [0.717, 1.165) is 0 Å². The van der Waals surface area contributed by atoms with Gasteiger partial charge in [0.05, 0.1) is 19.5 Å². The van der Waals surface area contributed by atoms with E-state index < -0.39 is 55.4 Å². The molecule has 148 valence electrons. The number of carbonyl (C=O) groups excluding carboxylic acids is 2. The number of rotatable bonds is 6. The summed E-state index contributed by atoms with van der Waals surface area (Å²) in [5.41, 5.74) is 0.604. The van der Waals surface area contributed by atoms with Crippen molar-refractivity contribution in [2.24, 2.45) is 0 Å². The first-order chi connectivity index (χ1) is 12.5. The van der Waals surface area contributed by atoms with Gasteiger partial charge in [0.2, 0.25) is 5.91 Å². The molecular weight excluding hydrogens is 376 g/mol. The molecule has 0 bridgehead atoms. The average molecular weight is 392 g/mol. The number of hydrogen-bond donors (Lipinski definition) is 2. The number of amides is 2. The Bertz CT molecular complexity index is 698. The van der Waals surface area contributed by atoms with Crippen LogP contribution >= 0.6 is 0 Å². The molecule has 1 fully saturated rings. The third-order valence-electron chi connectivity index (χ3n) is 3.81. The fourth-order valence-electron chi connectivity index (χ4n) is 2.42. The highest BCUT2D eigenvalue weighted by molar-refractivity contribution is 5.89. The first-order valence-electron chi connectivity index (χ1n) is 7.75. The highest BCUT2D eigenvalue weighted by Gasteiger charge is 2.64. The number of carbonyl (C=O) groups is 3. The Hall–Kier alpha value is -2.85. The van der Waals surface area contributed by atoms with E-state index in [1.165, 1.54) is 0 Å². The Morgan fingerprint density at radius 3 is 2.19 bits per heavy atom. The summed E-state index contributed by atoms with van der Waals surface area (Å²) in [6, 6.07) is 6.55. The number of halogens is 4. The number of hydrogen-bond acceptors (Lipinski definition) is 4. The standard InChI is InChI=1S/C16H16F4N2O5/c17-15(18)8-22(9-16(15,19)20)13(25)11(6-12(23)24)21-14(26)27-7-10-4-2-1-3-5-10/h1-5,11H,6-9H2,(H,21,26)(H,23,24). The smallest absolute Gasteiger partial charge is 0.408 e. The van der Waals surface area contributed by atoms with Crippen LogP contribution in [0.2, 0.25) is 0 Å². The number of alkyl carbamates (subject to hydrolysis) is 1. The third-order valence-corrected chi connectivity index (χ3v) is 3.81. The van der Waals surface area contributed by atoms with E-state index in [9.17, 15) is 31.9 Å². The van der Waals surface area contributed by atoms with Crippen molar-refractivity contribution in [3.05, 3.63) is 35.9 Å². The minimum atomic E-state index is -4.44. The van der Waals surface area contributed by atoms with Crippen LogP contribution in [0.15, 0.2) is 30.3 Å². The number of carboxylic acid groups (broad SMARTS) is 1. The van der Waals surface area contributed by atoms with Gasteiger partial charge in [-0.3, -0.25) is 9.59 Å². The molecule has 1 atom stereocenters. The molecule has 1 aromatic carbocycles. The maximum atomic E-state index is 13.3. The summed E-state index contributed by atoms with van der Waals surface area (Å²) < 4.78 is 57.9. The van der Waals surface area contributed by atoms with Crippen LogP contribution in [-0.2, 0) is 20.9 Å². The Morgan fingerprint density at radius 1 is 1.11 bits per heavy atom. The summed E-state index contributed by atoms with van der Waals surface area (Å²) in [5, 5.41) is 10.8. The van der Waals surface area contributed by atoms with Crippen molar-refractivity contribution in [2.75, 3.05) is 13.1 Å². The molecule has 2 amide bonds. The van der Waals surface area contributed by atoms with Crippen LogP contribution in [0.5, 0.6) is 0 Å². The van der Waals surface area contributed by atoms with Gasteiger partial charge in [0, 0.05) is 0 Å². The van der Waals surface area contributed by atoms with Crippen molar-refractivity contribution in [1.82, 2.24) is 10.2 Å². The lowest BCUT2D eigenvalue weighted by Crippen LogP contribution is -2.49. The monoisotopic (exact) mass is 392 g/mol. The van der Waals surface area contributed by atoms with Gasteiger partial charge in [0.1, 0.15) is 12.6 Å². The molecule has 7 nitrogen and oxygen atoms in total. The first-order valence-corrected chi connectivity index (χ1v) is 7.75. The molecule has 11 heteroatoms. The van der Waals surface area contributed by atoms with E-state index >= 15 is 0 Å². The highest BCUT2D eigenvalue weighted by Crippen LogP contribution is 2.41. The van der Waals surface area contributed by atoms with Crippen LogP contribution in [0.1, 0.15) is 12.0 Å². The van der Waals surface area contributed by atoms with Crippen molar-refractivity contribution in [2.45, 2.75) is 30.9 Å². The summed E-state index contributed by atoms with van der Waals surface area (Å²) in [6.07, 6.45) is -2.16. The zero-order valence-electron chi connectivity index (χ0n) is 13.8. The van der Waals surface area contributed by atoms with Crippen molar-refractivity contribution in [1.29, 1.82) is 0 Å². The van der Waals surface area contributed by atoms with Gasteiger partial charge < -0.3 is 20.1 Å². The number of benzene rings is 1. The SMILES string of the molecule is O=C(O)CC(NC(=O)OCc1ccccc1)C(=O)N1CC(F)(F)C(F)(F)C1. The largest absolute Gasteiger partial charge is 0.481 e. The molecule has 1 aromatic rings. The van der Waals surface area contributed by atoms with Crippen molar-refractivity contribution >= 4 is 18.0 Å². The van der Waals surface area contributed by atoms with Gasteiger partial charge in [0.15, 0.2) is 0 Å². The summed E-state index contributed by atoms with van der Waals surface area (Å²) in [7, 11) is 0. The predicted molar refractivity (Wildman–Crippen MR) is 82.3 cm³/mol. The molecular formula is C16H16F4N2O5.